The lowest BCUT2D eigenvalue weighted by atomic mass is 10.1. The summed E-state index contributed by atoms with van der Waals surface area (Å²) < 4.78 is 0. The first-order valence-electron chi connectivity index (χ1n) is 9.05. The van der Waals surface area contributed by atoms with E-state index in [4.69, 9.17) is 5.26 Å². The van der Waals surface area contributed by atoms with Gasteiger partial charge in [0.1, 0.15) is 5.54 Å². The number of amides is 5. The maximum absolute atomic E-state index is 12.2. The van der Waals surface area contributed by atoms with Crippen LogP contribution in [0.1, 0.15) is 30.5 Å². The van der Waals surface area contributed by atoms with Crippen molar-refractivity contribution in [3.05, 3.63) is 65.2 Å². The van der Waals surface area contributed by atoms with Crippen molar-refractivity contribution in [1.82, 2.24) is 15.5 Å². The molecule has 2 aromatic carbocycles. The number of hydrogen-bond acceptors (Lipinski definition) is 4. The van der Waals surface area contributed by atoms with Gasteiger partial charge < -0.3 is 16.0 Å². The van der Waals surface area contributed by atoms with Crippen LogP contribution >= 0.6 is 0 Å². The van der Waals surface area contributed by atoms with Crippen molar-refractivity contribution >= 4 is 23.7 Å². The minimum absolute atomic E-state index is 0.195. The highest BCUT2D eigenvalue weighted by Gasteiger charge is 2.43. The van der Waals surface area contributed by atoms with Gasteiger partial charge in [-0.25, -0.2) is 9.59 Å². The summed E-state index contributed by atoms with van der Waals surface area (Å²) in [5.41, 5.74) is 1.92. The average molecular weight is 391 g/mol. The van der Waals surface area contributed by atoms with Gasteiger partial charge in [0.2, 0.25) is 0 Å². The van der Waals surface area contributed by atoms with Gasteiger partial charge in [-0.2, -0.15) is 5.26 Å². The van der Waals surface area contributed by atoms with E-state index >= 15 is 0 Å². The zero-order valence-electron chi connectivity index (χ0n) is 16.2. The number of nitrogens with one attached hydrogen (secondary N) is 3. The molecular formula is C21H21N5O3. The number of hydrogen-bond donors (Lipinski definition) is 3. The lowest BCUT2D eigenvalue weighted by Crippen LogP contribution is -2.40. The summed E-state index contributed by atoms with van der Waals surface area (Å²) in [5.74, 6) is -0.257. The van der Waals surface area contributed by atoms with E-state index in [0.717, 1.165) is 11.1 Å². The van der Waals surface area contributed by atoms with Crippen LogP contribution < -0.4 is 16.0 Å². The maximum atomic E-state index is 12.2. The Morgan fingerprint density at radius 3 is 2.24 bits per heavy atom. The van der Waals surface area contributed by atoms with Gasteiger partial charge in [0.05, 0.1) is 18.2 Å². The Kier molecular flexibility index (Phi) is 5.50. The van der Waals surface area contributed by atoms with Crippen molar-refractivity contribution in [3.63, 3.8) is 0 Å². The van der Waals surface area contributed by atoms with Crippen molar-refractivity contribution in [1.29, 1.82) is 5.26 Å². The molecule has 8 nitrogen and oxygen atoms in total. The van der Waals surface area contributed by atoms with E-state index < -0.39 is 11.6 Å². The third-order valence-electron chi connectivity index (χ3n) is 4.53. The summed E-state index contributed by atoms with van der Waals surface area (Å²) in [6, 6.07) is 15.1. The van der Waals surface area contributed by atoms with Crippen molar-refractivity contribution in [3.8, 4) is 6.07 Å². The Labute approximate surface area is 168 Å². The molecule has 2 aromatic rings. The molecule has 0 aliphatic carbocycles. The first-order valence-corrected chi connectivity index (χ1v) is 9.05. The monoisotopic (exact) mass is 391 g/mol. The molecule has 0 spiro atoms. The number of carbonyl (C=O) groups excluding carboxylic acids is 3. The Balaban J connectivity index is 1.51. The van der Waals surface area contributed by atoms with E-state index in [9.17, 15) is 14.4 Å². The molecule has 0 bridgehead atoms. The first kappa shape index (κ1) is 19.9. The molecule has 1 fully saturated rings. The number of imide groups is 1. The van der Waals surface area contributed by atoms with Crippen LogP contribution in [0.5, 0.6) is 0 Å². The Hall–Kier alpha value is -3.86. The summed E-state index contributed by atoms with van der Waals surface area (Å²) in [6.45, 7) is 3.86. The highest BCUT2D eigenvalue weighted by molar-refractivity contribution is 6.06. The SMILES string of the molecule is CC1(C)NC(=O)N(Cc2ccc(CNC(=O)Nc3ccc(C#N)cc3)cc2)C1=O. The molecule has 5 amide bonds. The Bertz CT molecular complexity index is 975. The van der Waals surface area contributed by atoms with Crippen molar-refractivity contribution in [2.45, 2.75) is 32.5 Å². The summed E-state index contributed by atoms with van der Waals surface area (Å²) >= 11 is 0. The van der Waals surface area contributed by atoms with E-state index in [1.165, 1.54) is 4.90 Å². The van der Waals surface area contributed by atoms with Gasteiger partial charge in [-0.15, -0.1) is 0 Å². The fourth-order valence-corrected chi connectivity index (χ4v) is 2.89. The quantitative estimate of drug-likeness (QED) is 0.680. The topological polar surface area (TPSA) is 114 Å². The van der Waals surface area contributed by atoms with Crippen LogP contribution in [0, 0.1) is 11.3 Å². The van der Waals surface area contributed by atoms with Crippen molar-refractivity contribution < 1.29 is 14.4 Å². The predicted octanol–water partition coefficient (Wildman–Crippen LogP) is 2.71. The molecule has 3 N–H and O–H groups in total. The number of anilines is 1. The molecule has 8 heteroatoms. The van der Waals surface area contributed by atoms with Gasteiger partial charge in [-0.1, -0.05) is 24.3 Å². The van der Waals surface area contributed by atoms with E-state index in [-0.39, 0.29) is 18.5 Å². The minimum Gasteiger partial charge on any atom is -0.334 e. The molecule has 0 saturated carbocycles. The highest BCUT2D eigenvalue weighted by atomic mass is 16.2. The standard InChI is InChI=1S/C21H21N5O3/c1-21(2)18(27)26(20(29)25-21)13-16-5-3-15(4-6-16)12-23-19(28)24-17-9-7-14(11-22)8-10-17/h3-10H,12-13H2,1-2H3,(H,25,29)(H2,23,24,28). The van der Waals surface area contributed by atoms with Crippen LogP contribution in [0.2, 0.25) is 0 Å². The molecule has 1 aliphatic rings. The lowest BCUT2D eigenvalue weighted by Gasteiger charge is -2.16. The van der Waals surface area contributed by atoms with Gasteiger partial charge in [0.25, 0.3) is 5.91 Å². The number of nitriles is 1. The number of rotatable bonds is 5. The number of nitrogens with zero attached hydrogens (tertiary/aromatic N) is 2. The second kappa shape index (κ2) is 8.02. The van der Waals surface area contributed by atoms with Crippen LogP contribution in [0.15, 0.2) is 48.5 Å². The van der Waals surface area contributed by atoms with Crippen LogP contribution in [0.25, 0.3) is 0 Å². The smallest absolute Gasteiger partial charge is 0.325 e. The lowest BCUT2D eigenvalue weighted by molar-refractivity contribution is -0.130. The summed E-state index contributed by atoms with van der Waals surface area (Å²) in [5, 5.41) is 16.9. The van der Waals surface area contributed by atoms with Crippen molar-refractivity contribution in [2.75, 3.05) is 5.32 Å². The molecule has 0 aromatic heterocycles. The molecule has 0 unspecified atom stereocenters. The second-order valence-electron chi connectivity index (χ2n) is 7.26. The molecule has 148 valence electrons. The summed E-state index contributed by atoms with van der Waals surface area (Å²) in [6.07, 6.45) is 0. The van der Waals surface area contributed by atoms with E-state index in [1.54, 1.807) is 38.1 Å². The molecule has 3 rings (SSSR count). The van der Waals surface area contributed by atoms with Crippen LogP contribution in [0.3, 0.4) is 0 Å². The fourth-order valence-electron chi connectivity index (χ4n) is 2.89. The largest absolute Gasteiger partial charge is 0.334 e. The Morgan fingerprint density at radius 2 is 1.69 bits per heavy atom. The molecule has 1 heterocycles. The van der Waals surface area contributed by atoms with E-state index in [2.05, 4.69) is 16.0 Å². The second-order valence-corrected chi connectivity index (χ2v) is 7.26. The molecule has 29 heavy (non-hydrogen) atoms. The zero-order chi connectivity index (χ0) is 21.0. The van der Waals surface area contributed by atoms with Gasteiger partial charge in [-0.3, -0.25) is 9.69 Å². The van der Waals surface area contributed by atoms with Crippen LogP contribution in [0.4, 0.5) is 15.3 Å². The highest BCUT2D eigenvalue weighted by Crippen LogP contribution is 2.19. The predicted molar refractivity (Wildman–Crippen MR) is 107 cm³/mol. The van der Waals surface area contributed by atoms with Gasteiger partial charge in [0, 0.05) is 12.2 Å². The van der Waals surface area contributed by atoms with Gasteiger partial charge in [-0.05, 0) is 49.2 Å². The van der Waals surface area contributed by atoms with Crippen LogP contribution in [-0.4, -0.2) is 28.4 Å². The molecule has 0 atom stereocenters. The number of urea groups is 2. The third-order valence-corrected chi connectivity index (χ3v) is 4.53. The van der Waals surface area contributed by atoms with Gasteiger partial charge >= 0.3 is 12.1 Å². The normalized spacial score (nSPS) is 14.9. The summed E-state index contributed by atoms with van der Waals surface area (Å²) in [4.78, 5) is 37.4. The Morgan fingerprint density at radius 1 is 1.07 bits per heavy atom. The third kappa shape index (κ3) is 4.71. The molecule has 0 radical (unpaired) electrons. The molecule has 1 saturated heterocycles. The van der Waals surface area contributed by atoms with Crippen molar-refractivity contribution in [2.24, 2.45) is 0 Å². The van der Waals surface area contributed by atoms with Crippen LogP contribution in [-0.2, 0) is 17.9 Å². The number of benzene rings is 2. The maximum Gasteiger partial charge on any atom is 0.325 e. The van der Waals surface area contributed by atoms with Gasteiger partial charge in [0.15, 0.2) is 0 Å². The molecular weight excluding hydrogens is 370 g/mol. The van der Waals surface area contributed by atoms with E-state index in [0.29, 0.717) is 17.8 Å². The molecule has 1 aliphatic heterocycles. The zero-order valence-corrected chi connectivity index (χ0v) is 16.2. The number of carbonyl (C=O) groups is 3. The summed E-state index contributed by atoms with van der Waals surface area (Å²) in [7, 11) is 0. The average Bonchev–Trinajstić information content (AvgIpc) is 2.89. The van der Waals surface area contributed by atoms with E-state index in [1.807, 2.05) is 30.3 Å². The first-order chi connectivity index (χ1) is 13.8. The minimum atomic E-state index is -0.886. The fraction of sp³-hybridized carbons (Fsp3) is 0.238.